The summed E-state index contributed by atoms with van der Waals surface area (Å²) >= 11 is 0. The Morgan fingerprint density at radius 2 is 1.95 bits per heavy atom. The molecule has 6 nitrogen and oxygen atoms in total. The van der Waals surface area contributed by atoms with E-state index in [0.717, 1.165) is 11.5 Å². The summed E-state index contributed by atoms with van der Waals surface area (Å²) in [5.74, 6) is -0.432. The minimum absolute atomic E-state index is 0.215. The quantitative estimate of drug-likeness (QED) is 0.720. The van der Waals surface area contributed by atoms with Gasteiger partial charge in [-0.2, -0.15) is 0 Å². The van der Waals surface area contributed by atoms with E-state index in [1.54, 1.807) is 36.3 Å². The number of hydrogen-bond acceptors (Lipinski definition) is 4. The van der Waals surface area contributed by atoms with Crippen molar-refractivity contribution in [2.45, 2.75) is 18.2 Å². The van der Waals surface area contributed by atoms with Crippen molar-refractivity contribution in [3.8, 4) is 12.3 Å². The third kappa shape index (κ3) is 6.72. The van der Waals surface area contributed by atoms with E-state index in [-0.39, 0.29) is 5.75 Å². The number of nitrogens with one attached hydrogen (secondary N) is 1. The lowest BCUT2D eigenvalue weighted by molar-refractivity contribution is -0.137. The third-order valence-corrected chi connectivity index (χ3v) is 3.88. The Morgan fingerprint density at radius 3 is 2.50 bits per heavy atom. The fourth-order valence-corrected chi connectivity index (χ4v) is 2.82. The number of carboxylic acids is 1. The highest BCUT2D eigenvalue weighted by atomic mass is 32.2. The summed E-state index contributed by atoms with van der Waals surface area (Å²) in [6.07, 6.45) is 5.53. The maximum Gasteiger partial charge on any atom is 0.305 e. The Morgan fingerprint density at radius 1 is 1.32 bits per heavy atom. The molecule has 0 unspecified atom stereocenters. The van der Waals surface area contributed by atoms with Gasteiger partial charge in [-0.15, -0.1) is 6.42 Å². The number of rotatable bonds is 7. The Balaban J connectivity index is 2.81. The summed E-state index contributed by atoms with van der Waals surface area (Å²) in [5.41, 5.74) is 0.606. The molecule has 22 heavy (non-hydrogen) atoms. The van der Waals surface area contributed by atoms with Crippen LogP contribution in [0.2, 0.25) is 0 Å². The van der Waals surface area contributed by atoms with Crippen LogP contribution >= 0.6 is 0 Å². The molecule has 7 heteroatoms. The van der Waals surface area contributed by atoms with Crippen LogP contribution in [0.4, 0.5) is 0 Å². The van der Waals surface area contributed by atoms with Crippen LogP contribution < -0.4 is 5.32 Å². The van der Waals surface area contributed by atoms with Crippen molar-refractivity contribution in [2.24, 2.45) is 0 Å². The second-order valence-corrected chi connectivity index (χ2v) is 6.33. The molecule has 0 fully saturated rings. The first-order valence-corrected chi connectivity index (χ1v) is 7.98. The summed E-state index contributed by atoms with van der Waals surface area (Å²) < 4.78 is 23.9. The minimum atomic E-state index is -3.58. The molecule has 0 aliphatic carbocycles. The number of carboxylic acid groups (broad SMARTS) is 1. The molecule has 1 amide bonds. The number of hydrogen-bond donors (Lipinski definition) is 2. The second kappa shape index (κ2) is 8.00. The highest BCUT2D eigenvalue weighted by Gasteiger charge is 2.14. The van der Waals surface area contributed by atoms with E-state index in [1.807, 2.05) is 0 Å². The fourth-order valence-electron chi connectivity index (χ4n) is 1.63. The van der Waals surface area contributed by atoms with E-state index in [0.29, 0.717) is 5.56 Å². The number of amides is 1. The summed E-state index contributed by atoms with van der Waals surface area (Å²) in [4.78, 5) is 21.8. The van der Waals surface area contributed by atoms with E-state index < -0.39 is 34.2 Å². The van der Waals surface area contributed by atoms with Gasteiger partial charge in [0.2, 0.25) is 0 Å². The molecule has 0 heterocycles. The standard InChI is InChI=1S/C15H15NO5S/c1-2-14(17)16-13(10-15(18)19)8-9-22(20,21)11-12-6-4-3-5-7-12/h1,3-9,13H,10-11H2,(H,16,17)(H,18,19)/b9-8+/t13-/m1/s1. The monoisotopic (exact) mass is 321 g/mol. The van der Waals surface area contributed by atoms with Crippen molar-refractivity contribution in [3.63, 3.8) is 0 Å². The summed E-state index contributed by atoms with van der Waals surface area (Å²) in [7, 11) is -3.58. The van der Waals surface area contributed by atoms with E-state index in [4.69, 9.17) is 11.5 Å². The molecule has 0 radical (unpaired) electrons. The van der Waals surface area contributed by atoms with Crippen LogP contribution in [0.5, 0.6) is 0 Å². The lowest BCUT2D eigenvalue weighted by Crippen LogP contribution is -2.34. The highest BCUT2D eigenvalue weighted by Crippen LogP contribution is 2.08. The Hall–Kier alpha value is -2.59. The molecule has 0 spiro atoms. The average molecular weight is 321 g/mol. The molecule has 0 saturated carbocycles. The average Bonchev–Trinajstić information content (AvgIpc) is 2.45. The van der Waals surface area contributed by atoms with Gasteiger partial charge in [0, 0.05) is 5.41 Å². The van der Waals surface area contributed by atoms with E-state index in [2.05, 4.69) is 5.32 Å². The SMILES string of the molecule is C#CC(=O)N[C@H](/C=C/S(=O)(=O)Cc1ccccc1)CC(=O)O. The van der Waals surface area contributed by atoms with Gasteiger partial charge in [0.1, 0.15) is 0 Å². The Bertz CT molecular complexity index is 701. The molecule has 1 rings (SSSR count). The van der Waals surface area contributed by atoms with Crippen LogP contribution in [0.1, 0.15) is 12.0 Å². The van der Waals surface area contributed by atoms with Crippen molar-refractivity contribution in [2.75, 3.05) is 0 Å². The third-order valence-electron chi connectivity index (χ3n) is 2.57. The fraction of sp³-hybridized carbons (Fsp3) is 0.200. The van der Waals surface area contributed by atoms with Crippen molar-refractivity contribution in [1.82, 2.24) is 5.32 Å². The largest absolute Gasteiger partial charge is 0.481 e. The number of benzene rings is 1. The zero-order valence-electron chi connectivity index (χ0n) is 11.6. The first-order chi connectivity index (χ1) is 10.3. The maximum absolute atomic E-state index is 12.0. The number of terminal acetylenes is 1. The van der Waals surface area contributed by atoms with E-state index in [1.165, 1.54) is 0 Å². The van der Waals surface area contributed by atoms with Gasteiger partial charge in [0.05, 0.1) is 18.2 Å². The normalized spacial score (nSPS) is 12.5. The molecule has 0 bridgehead atoms. The van der Waals surface area contributed by atoms with Gasteiger partial charge in [-0.25, -0.2) is 8.42 Å². The molecule has 2 N–H and O–H groups in total. The van der Waals surface area contributed by atoms with Gasteiger partial charge in [-0.1, -0.05) is 36.4 Å². The topological polar surface area (TPSA) is 101 Å². The van der Waals surface area contributed by atoms with Crippen LogP contribution in [0.3, 0.4) is 0 Å². The maximum atomic E-state index is 12.0. The molecule has 116 valence electrons. The van der Waals surface area contributed by atoms with Crippen LogP contribution in [0.15, 0.2) is 41.8 Å². The molecule has 0 aliphatic heterocycles. The van der Waals surface area contributed by atoms with Gasteiger partial charge in [0.15, 0.2) is 9.84 Å². The van der Waals surface area contributed by atoms with Gasteiger partial charge < -0.3 is 10.4 Å². The van der Waals surface area contributed by atoms with Crippen LogP contribution in [-0.4, -0.2) is 31.4 Å². The first-order valence-electron chi connectivity index (χ1n) is 6.26. The van der Waals surface area contributed by atoms with Crippen LogP contribution in [0.25, 0.3) is 0 Å². The van der Waals surface area contributed by atoms with E-state index in [9.17, 15) is 18.0 Å². The van der Waals surface area contributed by atoms with Crippen molar-refractivity contribution >= 4 is 21.7 Å². The number of aliphatic carboxylic acids is 1. The van der Waals surface area contributed by atoms with Gasteiger partial charge in [-0.3, -0.25) is 9.59 Å². The molecule has 1 aromatic carbocycles. The summed E-state index contributed by atoms with van der Waals surface area (Å²) in [6, 6.07) is 7.54. The first kappa shape index (κ1) is 17.5. The number of carbonyl (C=O) groups excluding carboxylic acids is 1. The minimum Gasteiger partial charge on any atom is -0.481 e. The molecule has 0 saturated heterocycles. The highest BCUT2D eigenvalue weighted by molar-refractivity contribution is 7.93. The predicted octanol–water partition coefficient (Wildman–Crippen LogP) is 0.708. The van der Waals surface area contributed by atoms with Gasteiger partial charge in [0.25, 0.3) is 5.91 Å². The van der Waals surface area contributed by atoms with Gasteiger partial charge >= 0.3 is 5.97 Å². The lowest BCUT2D eigenvalue weighted by atomic mass is 10.2. The molecular weight excluding hydrogens is 306 g/mol. The van der Waals surface area contributed by atoms with Gasteiger partial charge in [-0.05, 0) is 11.5 Å². The molecule has 1 aromatic rings. The molecule has 0 aliphatic rings. The zero-order valence-corrected chi connectivity index (χ0v) is 12.4. The molecule has 1 atom stereocenters. The Labute approximate surface area is 128 Å². The lowest BCUT2D eigenvalue weighted by Gasteiger charge is -2.10. The van der Waals surface area contributed by atoms with E-state index >= 15 is 0 Å². The van der Waals surface area contributed by atoms with Crippen LogP contribution in [-0.2, 0) is 25.2 Å². The zero-order chi connectivity index (χ0) is 16.6. The van der Waals surface area contributed by atoms with Crippen LogP contribution in [0, 0.1) is 12.3 Å². The predicted molar refractivity (Wildman–Crippen MR) is 81.2 cm³/mol. The summed E-state index contributed by atoms with van der Waals surface area (Å²) in [5, 5.41) is 11.9. The van der Waals surface area contributed by atoms with Crippen molar-refractivity contribution in [1.29, 1.82) is 0 Å². The van der Waals surface area contributed by atoms with Crippen molar-refractivity contribution < 1.29 is 23.1 Å². The number of carbonyl (C=O) groups is 2. The molecule has 0 aromatic heterocycles. The second-order valence-electron chi connectivity index (χ2n) is 4.44. The van der Waals surface area contributed by atoms with Crippen molar-refractivity contribution in [3.05, 3.63) is 47.4 Å². The Kier molecular flexibility index (Phi) is 6.35. The summed E-state index contributed by atoms with van der Waals surface area (Å²) in [6.45, 7) is 0. The number of sulfone groups is 1. The molecular formula is C15H15NO5S. The smallest absolute Gasteiger partial charge is 0.305 e.